The standard InChI is InChI=1S/C20H19N5O2/c26-20-25(19-17(27-20)6-3-8-21-19)14-23-10-12-24(13-11-23)18-16-5-2-1-4-15(16)7-9-22-18/h1-9H,10-14H2. The molecular weight excluding hydrogens is 342 g/mol. The minimum Gasteiger partial charge on any atom is -0.406 e. The second-order valence-electron chi connectivity index (χ2n) is 6.72. The third kappa shape index (κ3) is 2.86. The number of nitrogens with zero attached hydrogens (tertiary/aromatic N) is 5. The lowest BCUT2D eigenvalue weighted by molar-refractivity contribution is 0.201. The first-order chi connectivity index (χ1) is 13.3. The van der Waals surface area contributed by atoms with Crippen molar-refractivity contribution in [2.75, 3.05) is 31.1 Å². The zero-order valence-electron chi connectivity index (χ0n) is 14.8. The van der Waals surface area contributed by atoms with E-state index in [2.05, 4.69) is 31.9 Å². The monoisotopic (exact) mass is 361 g/mol. The van der Waals surface area contributed by atoms with E-state index in [1.807, 2.05) is 24.4 Å². The first-order valence-corrected chi connectivity index (χ1v) is 9.05. The van der Waals surface area contributed by atoms with Crippen LogP contribution in [0.1, 0.15) is 0 Å². The summed E-state index contributed by atoms with van der Waals surface area (Å²) in [4.78, 5) is 25.6. The van der Waals surface area contributed by atoms with Gasteiger partial charge in [-0.1, -0.05) is 24.3 Å². The minimum absolute atomic E-state index is 0.359. The fourth-order valence-electron chi connectivity index (χ4n) is 3.68. The number of aromatic nitrogens is 3. The Hall–Kier alpha value is -3.19. The highest BCUT2D eigenvalue weighted by Gasteiger charge is 2.21. The van der Waals surface area contributed by atoms with E-state index < -0.39 is 0 Å². The molecule has 27 heavy (non-hydrogen) atoms. The van der Waals surface area contributed by atoms with Gasteiger partial charge in [-0.25, -0.2) is 19.3 Å². The Morgan fingerprint density at radius 3 is 2.67 bits per heavy atom. The van der Waals surface area contributed by atoms with Crippen LogP contribution < -0.4 is 10.7 Å². The molecule has 0 unspecified atom stereocenters. The molecule has 136 valence electrons. The molecule has 4 aromatic rings. The zero-order chi connectivity index (χ0) is 18.2. The number of pyridine rings is 2. The molecule has 1 aliphatic heterocycles. The van der Waals surface area contributed by atoms with Gasteiger partial charge in [0.1, 0.15) is 5.82 Å². The molecule has 1 fully saturated rings. The normalized spacial score (nSPS) is 15.6. The Bertz CT molecular complexity index is 1150. The van der Waals surface area contributed by atoms with Gasteiger partial charge in [0.15, 0.2) is 11.2 Å². The highest BCUT2D eigenvalue weighted by atomic mass is 16.4. The van der Waals surface area contributed by atoms with Gasteiger partial charge in [-0.2, -0.15) is 0 Å². The Balaban J connectivity index is 1.34. The average molecular weight is 361 g/mol. The third-order valence-corrected chi connectivity index (χ3v) is 5.09. The molecule has 7 heteroatoms. The molecule has 7 nitrogen and oxygen atoms in total. The minimum atomic E-state index is -0.359. The Kier molecular flexibility index (Phi) is 3.86. The molecule has 5 rings (SSSR count). The predicted molar refractivity (Wildman–Crippen MR) is 104 cm³/mol. The quantitative estimate of drug-likeness (QED) is 0.558. The second kappa shape index (κ2) is 6.51. The maximum atomic E-state index is 12.2. The van der Waals surface area contributed by atoms with Gasteiger partial charge in [0, 0.05) is 44.0 Å². The number of fused-ring (bicyclic) bond motifs is 2. The lowest BCUT2D eigenvalue weighted by Crippen LogP contribution is -2.47. The largest absolute Gasteiger partial charge is 0.422 e. The maximum Gasteiger partial charge on any atom is 0.422 e. The zero-order valence-corrected chi connectivity index (χ0v) is 14.8. The van der Waals surface area contributed by atoms with Crippen molar-refractivity contribution in [2.24, 2.45) is 0 Å². The van der Waals surface area contributed by atoms with E-state index in [0.29, 0.717) is 17.9 Å². The van der Waals surface area contributed by atoms with Gasteiger partial charge >= 0.3 is 5.76 Å². The summed E-state index contributed by atoms with van der Waals surface area (Å²) in [6.45, 7) is 3.89. The molecule has 0 aliphatic carbocycles. The van der Waals surface area contributed by atoms with Crippen molar-refractivity contribution in [3.8, 4) is 0 Å². The number of rotatable bonds is 3. The van der Waals surface area contributed by atoms with Gasteiger partial charge in [0.2, 0.25) is 0 Å². The summed E-state index contributed by atoms with van der Waals surface area (Å²) < 4.78 is 6.88. The molecule has 0 N–H and O–H groups in total. The van der Waals surface area contributed by atoms with E-state index in [1.54, 1.807) is 22.9 Å². The Morgan fingerprint density at radius 1 is 0.926 bits per heavy atom. The van der Waals surface area contributed by atoms with Crippen LogP contribution in [-0.2, 0) is 6.67 Å². The molecule has 0 saturated carbocycles. The van der Waals surface area contributed by atoms with Gasteiger partial charge in [-0.3, -0.25) is 4.90 Å². The molecule has 0 atom stereocenters. The number of oxazole rings is 1. The van der Waals surface area contributed by atoms with Crippen LogP contribution in [0, 0.1) is 0 Å². The topological polar surface area (TPSA) is 67.4 Å². The molecule has 0 bridgehead atoms. The summed E-state index contributed by atoms with van der Waals surface area (Å²) in [7, 11) is 0. The van der Waals surface area contributed by atoms with Crippen LogP contribution in [-0.4, -0.2) is 45.6 Å². The average Bonchev–Trinajstić information content (AvgIpc) is 3.03. The van der Waals surface area contributed by atoms with E-state index in [9.17, 15) is 4.79 Å². The lowest BCUT2D eigenvalue weighted by Gasteiger charge is -2.35. The molecule has 3 aromatic heterocycles. The van der Waals surface area contributed by atoms with Crippen molar-refractivity contribution < 1.29 is 4.42 Å². The van der Waals surface area contributed by atoms with Crippen molar-refractivity contribution in [1.29, 1.82) is 0 Å². The van der Waals surface area contributed by atoms with Gasteiger partial charge in [-0.15, -0.1) is 0 Å². The molecule has 0 radical (unpaired) electrons. The van der Waals surface area contributed by atoms with Gasteiger partial charge in [0.25, 0.3) is 0 Å². The molecule has 1 aromatic carbocycles. The van der Waals surface area contributed by atoms with Crippen molar-refractivity contribution in [2.45, 2.75) is 6.67 Å². The third-order valence-electron chi connectivity index (χ3n) is 5.09. The SMILES string of the molecule is O=c1oc2cccnc2n1CN1CCN(c2nccc3ccccc23)CC1. The number of anilines is 1. The van der Waals surface area contributed by atoms with Crippen molar-refractivity contribution in [3.63, 3.8) is 0 Å². The number of benzene rings is 1. The molecule has 0 spiro atoms. The first-order valence-electron chi connectivity index (χ1n) is 9.05. The number of hydrogen-bond donors (Lipinski definition) is 0. The Labute approximate surface area is 155 Å². The van der Waals surface area contributed by atoms with Gasteiger partial charge < -0.3 is 9.32 Å². The van der Waals surface area contributed by atoms with E-state index in [4.69, 9.17) is 4.42 Å². The van der Waals surface area contributed by atoms with Gasteiger partial charge in [-0.05, 0) is 23.6 Å². The number of piperazine rings is 1. The van der Waals surface area contributed by atoms with Crippen LogP contribution in [0.2, 0.25) is 0 Å². The summed E-state index contributed by atoms with van der Waals surface area (Å²) in [5.74, 6) is 0.669. The fraction of sp³-hybridized carbons (Fsp3) is 0.250. The van der Waals surface area contributed by atoms with E-state index in [-0.39, 0.29) is 5.76 Å². The molecule has 0 amide bonds. The highest BCUT2D eigenvalue weighted by Crippen LogP contribution is 2.25. The second-order valence-corrected chi connectivity index (χ2v) is 6.72. The van der Waals surface area contributed by atoms with E-state index in [0.717, 1.165) is 32.0 Å². The van der Waals surface area contributed by atoms with Gasteiger partial charge in [0.05, 0.1) is 6.67 Å². The van der Waals surface area contributed by atoms with E-state index in [1.165, 1.54) is 10.8 Å². The predicted octanol–water partition coefficient (Wildman–Crippen LogP) is 2.32. The maximum absolute atomic E-state index is 12.2. The Morgan fingerprint density at radius 2 is 1.78 bits per heavy atom. The van der Waals surface area contributed by atoms with Crippen LogP contribution in [0.4, 0.5) is 5.82 Å². The van der Waals surface area contributed by atoms with Crippen LogP contribution in [0.25, 0.3) is 22.0 Å². The molecule has 1 saturated heterocycles. The van der Waals surface area contributed by atoms with Crippen molar-refractivity contribution >= 4 is 27.8 Å². The summed E-state index contributed by atoms with van der Waals surface area (Å²) in [6.07, 6.45) is 3.55. The van der Waals surface area contributed by atoms with Crippen LogP contribution in [0.3, 0.4) is 0 Å². The summed E-state index contributed by atoms with van der Waals surface area (Å²) in [5, 5.41) is 2.38. The van der Waals surface area contributed by atoms with Crippen LogP contribution in [0.15, 0.2) is 64.1 Å². The highest BCUT2D eigenvalue weighted by molar-refractivity contribution is 5.92. The number of hydrogen-bond acceptors (Lipinski definition) is 6. The van der Waals surface area contributed by atoms with Crippen LogP contribution in [0.5, 0.6) is 0 Å². The summed E-state index contributed by atoms with van der Waals surface area (Å²) in [6, 6.07) is 13.9. The first kappa shape index (κ1) is 16.0. The fourth-order valence-corrected chi connectivity index (χ4v) is 3.68. The molecule has 1 aliphatic rings. The lowest BCUT2D eigenvalue weighted by atomic mass is 10.1. The van der Waals surface area contributed by atoms with E-state index >= 15 is 0 Å². The molecular formula is C20H19N5O2. The smallest absolute Gasteiger partial charge is 0.406 e. The van der Waals surface area contributed by atoms with Crippen LogP contribution >= 0.6 is 0 Å². The van der Waals surface area contributed by atoms with Crippen molar-refractivity contribution in [3.05, 3.63) is 65.4 Å². The van der Waals surface area contributed by atoms with Crippen molar-refractivity contribution in [1.82, 2.24) is 19.4 Å². The summed E-state index contributed by atoms with van der Waals surface area (Å²) >= 11 is 0. The molecule has 4 heterocycles. The summed E-state index contributed by atoms with van der Waals surface area (Å²) in [5.41, 5.74) is 1.13.